The van der Waals surface area contributed by atoms with Gasteiger partial charge >= 0.3 is 0 Å². The van der Waals surface area contributed by atoms with Crippen molar-refractivity contribution in [2.75, 3.05) is 26.7 Å². The average Bonchev–Trinajstić information content (AvgIpc) is 3.66. The molecule has 1 heterocycles. The molecule has 2 aromatic rings. The van der Waals surface area contributed by atoms with Gasteiger partial charge in [0.1, 0.15) is 12.4 Å². The van der Waals surface area contributed by atoms with Gasteiger partial charge in [-0.15, -0.1) is 0 Å². The standard InChI is InChI=1S/C27H34N2O3/c1-28-17-9-2-3-10-18-29(26(30)22-15-16-22)23(19-21-11-5-4-6-12-21)20-32-25-14-8-7-13-24(25)27(28)31/h4-8,11-14,22-23H,2-3,9-10,15-20H2,1H3/t23-/m0/s1. The fourth-order valence-corrected chi connectivity index (χ4v) is 4.43. The first-order valence-electron chi connectivity index (χ1n) is 11.9. The minimum atomic E-state index is -0.0608. The van der Waals surface area contributed by atoms with Gasteiger partial charge in [0.2, 0.25) is 5.91 Å². The second-order valence-electron chi connectivity index (χ2n) is 9.10. The highest BCUT2D eigenvalue weighted by Gasteiger charge is 2.36. The predicted octanol–water partition coefficient (Wildman–Crippen LogP) is 4.56. The number of fused-ring (bicyclic) bond motifs is 1. The Hall–Kier alpha value is -2.82. The molecule has 0 saturated heterocycles. The monoisotopic (exact) mass is 434 g/mol. The number of benzene rings is 2. The number of para-hydroxylation sites is 1. The smallest absolute Gasteiger partial charge is 0.257 e. The minimum Gasteiger partial charge on any atom is -0.491 e. The van der Waals surface area contributed by atoms with E-state index in [4.69, 9.17) is 4.74 Å². The predicted molar refractivity (Wildman–Crippen MR) is 126 cm³/mol. The number of nitrogens with zero attached hydrogens (tertiary/aromatic N) is 2. The number of rotatable bonds is 3. The highest BCUT2D eigenvalue weighted by atomic mass is 16.5. The lowest BCUT2D eigenvalue weighted by atomic mass is 10.0. The van der Waals surface area contributed by atoms with Gasteiger partial charge in [-0.1, -0.05) is 55.3 Å². The third-order valence-corrected chi connectivity index (χ3v) is 6.50. The maximum absolute atomic E-state index is 13.3. The minimum absolute atomic E-state index is 0.0109. The maximum atomic E-state index is 13.3. The zero-order valence-electron chi connectivity index (χ0n) is 19.0. The van der Waals surface area contributed by atoms with Crippen molar-refractivity contribution in [2.45, 2.75) is 51.0 Å². The Morgan fingerprint density at radius 1 is 0.938 bits per heavy atom. The van der Waals surface area contributed by atoms with Crippen molar-refractivity contribution in [1.29, 1.82) is 0 Å². The zero-order valence-corrected chi connectivity index (χ0v) is 19.0. The van der Waals surface area contributed by atoms with Crippen LogP contribution >= 0.6 is 0 Å². The Balaban J connectivity index is 1.62. The quantitative estimate of drug-likeness (QED) is 0.712. The van der Waals surface area contributed by atoms with Crippen molar-refractivity contribution >= 4 is 11.8 Å². The summed E-state index contributed by atoms with van der Waals surface area (Å²) in [5, 5.41) is 0. The molecule has 1 saturated carbocycles. The van der Waals surface area contributed by atoms with Gasteiger partial charge in [0.05, 0.1) is 11.6 Å². The van der Waals surface area contributed by atoms with Crippen molar-refractivity contribution in [2.24, 2.45) is 5.92 Å². The molecule has 1 fully saturated rings. The Morgan fingerprint density at radius 3 is 2.38 bits per heavy atom. The molecule has 1 atom stereocenters. The van der Waals surface area contributed by atoms with Gasteiger partial charge in [0.25, 0.3) is 5.91 Å². The SMILES string of the molecule is CN1CCCCCCN(C(=O)C2CC2)[C@@H](Cc2ccccc2)COc2ccccc2C1=O. The van der Waals surface area contributed by atoms with E-state index in [9.17, 15) is 9.59 Å². The van der Waals surface area contributed by atoms with Gasteiger partial charge in [-0.2, -0.15) is 0 Å². The second kappa shape index (κ2) is 10.7. The van der Waals surface area contributed by atoms with Crippen LogP contribution in [0.1, 0.15) is 54.4 Å². The molecule has 2 amide bonds. The fourth-order valence-electron chi connectivity index (χ4n) is 4.43. The molecule has 1 aliphatic carbocycles. The molecule has 0 unspecified atom stereocenters. The summed E-state index contributed by atoms with van der Waals surface area (Å²) < 4.78 is 6.28. The lowest BCUT2D eigenvalue weighted by molar-refractivity contribution is -0.135. The van der Waals surface area contributed by atoms with Crippen molar-refractivity contribution in [3.8, 4) is 5.75 Å². The highest BCUT2D eigenvalue weighted by Crippen LogP contribution is 2.32. The number of carbonyl (C=O) groups excluding carboxylic acids is 2. The largest absolute Gasteiger partial charge is 0.491 e. The molecule has 5 heteroatoms. The Kier molecular flexibility index (Phi) is 7.46. The van der Waals surface area contributed by atoms with Crippen LogP contribution in [0.2, 0.25) is 0 Å². The van der Waals surface area contributed by atoms with E-state index in [0.29, 0.717) is 17.9 Å². The van der Waals surface area contributed by atoms with Gasteiger partial charge in [-0.05, 0) is 49.8 Å². The molecule has 0 spiro atoms. The van der Waals surface area contributed by atoms with Crippen LogP contribution in [0.4, 0.5) is 0 Å². The van der Waals surface area contributed by atoms with Crippen LogP contribution in [0.25, 0.3) is 0 Å². The number of carbonyl (C=O) groups is 2. The molecule has 0 N–H and O–H groups in total. The van der Waals surface area contributed by atoms with Crippen molar-refractivity contribution in [3.05, 3.63) is 65.7 Å². The zero-order chi connectivity index (χ0) is 22.3. The molecule has 2 aliphatic rings. The number of amides is 2. The average molecular weight is 435 g/mol. The maximum Gasteiger partial charge on any atom is 0.257 e. The highest BCUT2D eigenvalue weighted by molar-refractivity contribution is 5.96. The molecule has 2 aromatic carbocycles. The third kappa shape index (κ3) is 5.70. The van der Waals surface area contributed by atoms with E-state index in [1.54, 1.807) is 4.90 Å². The fraction of sp³-hybridized carbons (Fsp3) is 0.481. The van der Waals surface area contributed by atoms with Crippen LogP contribution in [-0.4, -0.2) is 54.4 Å². The van der Waals surface area contributed by atoms with E-state index in [1.165, 1.54) is 5.56 Å². The number of hydrogen-bond acceptors (Lipinski definition) is 3. The molecule has 0 bridgehead atoms. The first-order chi connectivity index (χ1) is 15.6. The summed E-state index contributed by atoms with van der Waals surface area (Å²) in [7, 11) is 1.86. The lowest BCUT2D eigenvalue weighted by Crippen LogP contribution is -2.46. The molecular formula is C27H34N2O3. The Morgan fingerprint density at radius 2 is 1.62 bits per heavy atom. The van der Waals surface area contributed by atoms with Gasteiger partial charge in [0.15, 0.2) is 0 Å². The summed E-state index contributed by atoms with van der Waals surface area (Å²) in [5.41, 5.74) is 1.78. The van der Waals surface area contributed by atoms with Crippen LogP contribution in [0.5, 0.6) is 5.75 Å². The molecule has 4 rings (SSSR count). The van der Waals surface area contributed by atoms with Crippen LogP contribution in [-0.2, 0) is 11.2 Å². The van der Waals surface area contributed by atoms with Crippen molar-refractivity contribution in [1.82, 2.24) is 9.80 Å². The molecular weight excluding hydrogens is 400 g/mol. The summed E-state index contributed by atoms with van der Waals surface area (Å²) in [6, 6.07) is 17.7. The summed E-state index contributed by atoms with van der Waals surface area (Å²) in [5.74, 6) is 1.03. The first kappa shape index (κ1) is 22.4. The van der Waals surface area contributed by atoms with Crippen molar-refractivity contribution in [3.63, 3.8) is 0 Å². The number of ether oxygens (including phenoxy) is 1. The molecule has 5 nitrogen and oxygen atoms in total. The third-order valence-electron chi connectivity index (χ3n) is 6.50. The molecule has 170 valence electrons. The van der Waals surface area contributed by atoms with E-state index < -0.39 is 0 Å². The summed E-state index contributed by atoms with van der Waals surface area (Å²) in [6.45, 7) is 1.88. The summed E-state index contributed by atoms with van der Waals surface area (Å²) >= 11 is 0. The topological polar surface area (TPSA) is 49.9 Å². The van der Waals surface area contributed by atoms with E-state index in [-0.39, 0.29) is 23.8 Å². The molecule has 32 heavy (non-hydrogen) atoms. The summed E-state index contributed by atoms with van der Waals surface area (Å²) in [6.07, 6.45) is 6.81. The lowest BCUT2D eigenvalue weighted by Gasteiger charge is -2.33. The van der Waals surface area contributed by atoms with Gasteiger partial charge in [0, 0.05) is 26.1 Å². The van der Waals surface area contributed by atoms with Crippen LogP contribution in [0.3, 0.4) is 0 Å². The Bertz CT molecular complexity index is 910. The second-order valence-corrected chi connectivity index (χ2v) is 9.10. The van der Waals surface area contributed by atoms with Gasteiger partial charge < -0.3 is 14.5 Å². The summed E-state index contributed by atoms with van der Waals surface area (Å²) in [4.78, 5) is 30.1. The van der Waals surface area contributed by atoms with Crippen LogP contribution < -0.4 is 4.74 Å². The van der Waals surface area contributed by atoms with Gasteiger partial charge in [-0.25, -0.2) is 0 Å². The molecule has 0 radical (unpaired) electrons. The normalized spacial score (nSPS) is 20.8. The van der Waals surface area contributed by atoms with Crippen LogP contribution in [0, 0.1) is 5.92 Å². The van der Waals surface area contributed by atoms with E-state index in [1.807, 2.05) is 49.5 Å². The van der Waals surface area contributed by atoms with E-state index in [0.717, 1.165) is 58.0 Å². The van der Waals surface area contributed by atoms with E-state index >= 15 is 0 Å². The van der Waals surface area contributed by atoms with Crippen LogP contribution in [0.15, 0.2) is 54.6 Å². The van der Waals surface area contributed by atoms with E-state index in [2.05, 4.69) is 17.0 Å². The molecule has 1 aliphatic heterocycles. The number of hydrogen-bond donors (Lipinski definition) is 0. The van der Waals surface area contributed by atoms with Crippen molar-refractivity contribution < 1.29 is 14.3 Å². The Labute approximate surface area is 191 Å². The first-order valence-corrected chi connectivity index (χ1v) is 11.9. The van der Waals surface area contributed by atoms with Gasteiger partial charge in [-0.3, -0.25) is 9.59 Å². The molecule has 0 aromatic heterocycles.